The summed E-state index contributed by atoms with van der Waals surface area (Å²) in [6.07, 6.45) is 13.9. The molecule has 0 bridgehead atoms. The summed E-state index contributed by atoms with van der Waals surface area (Å²) in [5.74, 6) is 2.29. The summed E-state index contributed by atoms with van der Waals surface area (Å²) in [6.45, 7) is 0. The van der Waals surface area contributed by atoms with Gasteiger partial charge in [-0.2, -0.15) is 0 Å². The Labute approximate surface area is 70.4 Å². The fraction of sp³-hybridized carbons (Fsp3) is 1.00. The van der Waals surface area contributed by atoms with Crippen LogP contribution in [0.25, 0.3) is 0 Å². The van der Waals surface area contributed by atoms with Crippen LogP contribution in [0, 0.1) is 11.8 Å². The lowest BCUT2D eigenvalue weighted by Crippen LogP contribution is -2.17. The molecule has 2 fully saturated rings. The molecule has 0 aromatic heterocycles. The van der Waals surface area contributed by atoms with Crippen molar-refractivity contribution in [3.8, 4) is 0 Å². The summed E-state index contributed by atoms with van der Waals surface area (Å²) in [7, 11) is 0. The summed E-state index contributed by atoms with van der Waals surface area (Å²) in [4.78, 5) is 0. The van der Waals surface area contributed by atoms with Gasteiger partial charge in [-0.25, -0.2) is 0 Å². The molecule has 64 valence electrons. The lowest BCUT2D eigenvalue weighted by Gasteiger charge is -2.29. The van der Waals surface area contributed by atoms with Gasteiger partial charge in [0.1, 0.15) is 0 Å². The maximum atomic E-state index is 1.56. The quantitative estimate of drug-likeness (QED) is 0.496. The minimum Gasteiger partial charge on any atom is -0.0533 e. The first-order chi connectivity index (χ1) is 5.47. The molecule has 0 nitrogen and oxygen atoms in total. The highest BCUT2D eigenvalue weighted by atomic mass is 14.3. The molecule has 1 unspecified atom stereocenters. The highest BCUT2D eigenvalue weighted by molar-refractivity contribution is 4.77. The molecule has 0 radical (unpaired) electrons. The van der Waals surface area contributed by atoms with Gasteiger partial charge in [0, 0.05) is 0 Å². The summed E-state index contributed by atoms with van der Waals surface area (Å²) in [6, 6.07) is 0. The van der Waals surface area contributed by atoms with Crippen molar-refractivity contribution in [3.05, 3.63) is 0 Å². The van der Waals surface area contributed by atoms with Gasteiger partial charge in [-0.3, -0.25) is 0 Å². The van der Waals surface area contributed by atoms with Gasteiger partial charge in [-0.05, 0) is 11.8 Å². The van der Waals surface area contributed by atoms with Gasteiger partial charge < -0.3 is 0 Å². The molecule has 2 rings (SSSR count). The van der Waals surface area contributed by atoms with Gasteiger partial charge in [0.25, 0.3) is 0 Å². The fourth-order valence-corrected chi connectivity index (χ4v) is 3.03. The van der Waals surface area contributed by atoms with E-state index < -0.39 is 0 Å². The summed E-state index contributed by atoms with van der Waals surface area (Å²) in [5, 5.41) is 0. The van der Waals surface area contributed by atoms with Crippen LogP contribution in [0.3, 0.4) is 0 Å². The van der Waals surface area contributed by atoms with Crippen molar-refractivity contribution < 1.29 is 0 Å². The normalized spacial score (nSPS) is 39.3. The van der Waals surface area contributed by atoms with Crippen LogP contribution in [0.15, 0.2) is 0 Å². The Morgan fingerprint density at radius 1 is 0.455 bits per heavy atom. The number of fused-ring (bicyclic) bond motifs is 1. The summed E-state index contributed by atoms with van der Waals surface area (Å²) >= 11 is 0. The average Bonchev–Trinajstić information content (AvgIpc) is 2.28. The van der Waals surface area contributed by atoms with Crippen LogP contribution in [-0.4, -0.2) is 0 Å². The molecule has 2 saturated carbocycles. The molecule has 2 atom stereocenters. The van der Waals surface area contributed by atoms with Crippen LogP contribution in [0.1, 0.15) is 57.8 Å². The predicted molar refractivity (Wildman–Crippen MR) is 48.5 cm³/mol. The molecule has 2 aliphatic carbocycles. The molecule has 0 amide bonds. The third-order valence-corrected chi connectivity index (χ3v) is 3.72. The van der Waals surface area contributed by atoms with Crippen molar-refractivity contribution in [2.45, 2.75) is 57.8 Å². The minimum atomic E-state index is 1.14. The largest absolute Gasteiger partial charge is 0.0533 e. The van der Waals surface area contributed by atoms with Crippen molar-refractivity contribution in [1.29, 1.82) is 0 Å². The first kappa shape index (κ1) is 7.64. The van der Waals surface area contributed by atoms with Crippen molar-refractivity contribution in [3.63, 3.8) is 0 Å². The Kier molecular flexibility index (Phi) is 2.50. The Morgan fingerprint density at radius 2 is 0.818 bits per heavy atom. The molecule has 0 heterocycles. The van der Waals surface area contributed by atoms with E-state index in [0.29, 0.717) is 0 Å². The van der Waals surface area contributed by atoms with Crippen LogP contribution in [0.5, 0.6) is 0 Å². The molecule has 11 heavy (non-hydrogen) atoms. The van der Waals surface area contributed by atoms with Crippen LogP contribution in [-0.2, 0) is 0 Å². The highest BCUT2D eigenvalue weighted by Gasteiger charge is 2.25. The topological polar surface area (TPSA) is 0 Å². The third kappa shape index (κ3) is 1.77. The van der Waals surface area contributed by atoms with Crippen molar-refractivity contribution >= 4 is 0 Å². The maximum Gasteiger partial charge on any atom is -0.0386 e. The van der Waals surface area contributed by atoms with E-state index in [4.69, 9.17) is 0 Å². The van der Waals surface area contributed by atoms with Gasteiger partial charge in [0.2, 0.25) is 0 Å². The van der Waals surface area contributed by atoms with Gasteiger partial charge in [0.15, 0.2) is 0 Å². The minimum absolute atomic E-state index is 1.14. The average molecular weight is 152 g/mol. The zero-order chi connectivity index (χ0) is 7.52. The molecule has 0 aliphatic heterocycles. The van der Waals surface area contributed by atoms with E-state index >= 15 is 0 Å². The van der Waals surface area contributed by atoms with Crippen LogP contribution >= 0.6 is 0 Å². The third-order valence-electron chi connectivity index (χ3n) is 3.72. The van der Waals surface area contributed by atoms with Crippen molar-refractivity contribution in [2.24, 2.45) is 11.8 Å². The van der Waals surface area contributed by atoms with E-state index in [2.05, 4.69) is 0 Å². The van der Waals surface area contributed by atoms with Crippen molar-refractivity contribution in [1.82, 2.24) is 0 Å². The second kappa shape index (κ2) is 3.60. The van der Waals surface area contributed by atoms with Gasteiger partial charge in [-0.15, -0.1) is 0 Å². The Balaban J connectivity index is 1.93. The molecule has 0 saturated heterocycles. The van der Waals surface area contributed by atoms with E-state index in [1.54, 1.807) is 25.7 Å². The maximum absolute atomic E-state index is 1.56. The Morgan fingerprint density at radius 3 is 1.27 bits per heavy atom. The van der Waals surface area contributed by atoms with E-state index in [1.165, 1.54) is 32.1 Å². The van der Waals surface area contributed by atoms with Crippen LogP contribution in [0.4, 0.5) is 0 Å². The second-order valence-electron chi connectivity index (χ2n) is 4.44. The van der Waals surface area contributed by atoms with Crippen molar-refractivity contribution in [2.75, 3.05) is 0 Å². The standard InChI is InChI=1S/C11H20/c1-2-6-10-8-4-5-9-11(10)7-3-1/h10-11H,1-9H2/t10-,11?/m1/s1. The predicted octanol–water partition coefficient (Wildman–Crippen LogP) is 3.76. The zero-order valence-corrected chi connectivity index (χ0v) is 7.52. The number of hydrogen-bond acceptors (Lipinski definition) is 0. The Bertz CT molecular complexity index is 103. The number of hydrogen-bond donors (Lipinski definition) is 0. The molecule has 2 aliphatic rings. The molecule has 0 heteroatoms. The monoisotopic (exact) mass is 152 g/mol. The first-order valence-electron chi connectivity index (χ1n) is 5.47. The molecule has 0 aromatic rings. The smallest absolute Gasteiger partial charge is 0.0386 e. The fourth-order valence-electron chi connectivity index (χ4n) is 3.03. The summed E-state index contributed by atoms with van der Waals surface area (Å²) < 4.78 is 0. The second-order valence-corrected chi connectivity index (χ2v) is 4.44. The zero-order valence-electron chi connectivity index (χ0n) is 7.52. The van der Waals surface area contributed by atoms with Gasteiger partial charge >= 0.3 is 0 Å². The van der Waals surface area contributed by atoms with Gasteiger partial charge in [-0.1, -0.05) is 57.8 Å². The molecule has 0 spiro atoms. The van der Waals surface area contributed by atoms with E-state index in [-0.39, 0.29) is 0 Å². The number of rotatable bonds is 0. The molecular weight excluding hydrogens is 132 g/mol. The summed E-state index contributed by atoms with van der Waals surface area (Å²) in [5.41, 5.74) is 0. The van der Waals surface area contributed by atoms with Gasteiger partial charge in [0.05, 0.1) is 0 Å². The van der Waals surface area contributed by atoms with E-state index in [0.717, 1.165) is 11.8 Å². The van der Waals surface area contributed by atoms with E-state index in [1.807, 2.05) is 0 Å². The van der Waals surface area contributed by atoms with E-state index in [9.17, 15) is 0 Å². The molecule has 0 aromatic carbocycles. The first-order valence-corrected chi connectivity index (χ1v) is 5.47. The van der Waals surface area contributed by atoms with Crippen LogP contribution in [0.2, 0.25) is 0 Å². The highest BCUT2D eigenvalue weighted by Crippen LogP contribution is 2.38. The Hall–Kier alpha value is 0. The molecule has 0 N–H and O–H groups in total. The lowest BCUT2D eigenvalue weighted by molar-refractivity contribution is 0.224. The lowest BCUT2D eigenvalue weighted by atomic mass is 9.77. The van der Waals surface area contributed by atoms with Crippen LogP contribution < -0.4 is 0 Å². The molecular formula is C11H20. The SMILES string of the molecule is C1CCC2CCCC[C@H]2CC1.